The van der Waals surface area contributed by atoms with Gasteiger partial charge < -0.3 is 19.8 Å². The Balaban J connectivity index is 1.39. The molecule has 0 radical (unpaired) electrons. The zero-order valence-electron chi connectivity index (χ0n) is 16.1. The Morgan fingerprint density at radius 2 is 2.07 bits per heavy atom. The third kappa shape index (κ3) is 4.60. The van der Waals surface area contributed by atoms with Gasteiger partial charge in [0.1, 0.15) is 12.4 Å². The van der Waals surface area contributed by atoms with Crippen molar-refractivity contribution in [3.63, 3.8) is 0 Å². The lowest BCUT2D eigenvalue weighted by Crippen LogP contribution is -2.63. The highest BCUT2D eigenvalue weighted by atomic mass is 35.5. The van der Waals surface area contributed by atoms with Crippen LogP contribution < -0.4 is 5.32 Å². The van der Waals surface area contributed by atoms with Crippen LogP contribution in [0.1, 0.15) is 17.0 Å². The van der Waals surface area contributed by atoms with E-state index in [1.54, 1.807) is 6.20 Å². The van der Waals surface area contributed by atoms with Crippen LogP contribution in [0.2, 0.25) is 5.02 Å². The average molecular weight is 412 g/mol. The first-order valence-corrected chi connectivity index (χ1v) is 9.78. The Morgan fingerprint density at radius 1 is 1.28 bits per heavy atom. The lowest BCUT2D eigenvalue weighted by atomic mass is 9.93. The Bertz CT molecular complexity index is 1000. The van der Waals surface area contributed by atoms with E-state index >= 15 is 0 Å². The standard InChI is InChI=1S/C22H22ClN3O3/c1-15-9-17(7-8-18(15)23)19-11-24-20(25-19)10-22(13-28-14-22)26-21(27)29-12-16-5-3-2-4-6-16/h2-9,11H,10,12-14H2,1H3,(H,24,25)(H,26,27). The highest BCUT2D eigenvalue weighted by Crippen LogP contribution is 2.26. The molecule has 3 aromatic rings. The molecule has 0 aliphatic carbocycles. The lowest BCUT2D eigenvalue weighted by molar-refractivity contribution is -0.0725. The van der Waals surface area contributed by atoms with Crippen molar-refractivity contribution in [3.8, 4) is 11.3 Å². The Kier molecular flexibility index (Phi) is 5.56. The third-order valence-electron chi connectivity index (χ3n) is 4.94. The number of ether oxygens (including phenoxy) is 2. The lowest BCUT2D eigenvalue weighted by Gasteiger charge is -2.41. The molecule has 0 unspecified atom stereocenters. The van der Waals surface area contributed by atoms with Gasteiger partial charge in [-0.2, -0.15) is 0 Å². The minimum atomic E-state index is -0.515. The number of nitrogens with zero attached hydrogens (tertiary/aromatic N) is 1. The van der Waals surface area contributed by atoms with E-state index in [0.717, 1.165) is 33.2 Å². The molecule has 1 aromatic heterocycles. The second-order valence-electron chi connectivity index (χ2n) is 7.34. The molecular formula is C22H22ClN3O3. The van der Waals surface area contributed by atoms with Crippen LogP contribution in [0.15, 0.2) is 54.7 Å². The molecule has 0 atom stereocenters. The molecule has 2 heterocycles. The van der Waals surface area contributed by atoms with Crippen LogP contribution >= 0.6 is 11.6 Å². The summed E-state index contributed by atoms with van der Waals surface area (Å²) in [6, 6.07) is 15.4. The van der Waals surface area contributed by atoms with Crippen molar-refractivity contribution in [2.45, 2.75) is 25.5 Å². The second-order valence-corrected chi connectivity index (χ2v) is 7.75. The van der Waals surface area contributed by atoms with Gasteiger partial charge in [0.25, 0.3) is 0 Å². The first-order chi connectivity index (χ1) is 14.0. The van der Waals surface area contributed by atoms with Gasteiger partial charge in [-0.3, -0.25) is 0 Å². The van der Waals surface area contributed by atoms with Gasteiger partial charge in [0.05, 0.1) is 30.6 Å². The fourth-order valence-electron chi connectivity index (χ4n) is 3.27. The van der Waals surface area contributed by atoms with E-state index in [1.807, 2.05) is 55.5 Å². The molecule has 1 aliphatic heterocycles. The monoisotopic (exact) mass is 411 g/mol. The summed E-state index contributed by atoms with van der Waals surface area (Å²) in [5, 5.41) is 3.68. The van der Waals surface area contributed by atoms with Crippen LogP contribution in [-0.2, 0) is 22.5 Å². The molecule has 2 aromatic carbocycles. The summed E-state index contributed by atoms with van der Waals surface area (Å²) in [5.74, 6) is 0.777. The van der Waals surface area contributed by atoms with Gasteiger partial charge >= 0.3 is 6.09 Å². The number of hydrogen-bond donors (Lipinski definition) is 2. The van der Waals surface area contributed by atoms with Gasteiger partial charge in [-0.05, 0) is 35.7 Å². The minimum Gasteiger partial charge on any atom is -0.445 e. The number of benzene rings is 2. The summed E-state index contributed by atoms with van der Waals surface area (Å²) in [6.45, 7) is 3.03. The number of aryl methyl sites for hydroxylation is 1. The number of halogens is 1. The van der Waals surface area contributed by atoms with Gasteiger partial charge in [-0.1, -0.05) is 48.0 Å². The number of imidazole rings is 1. The number of carbonyl (C=O) groups excluding carboxylic acids is 1. The quantitative estimate of drug-likeness (QED) is 0.634. The molecule has 29 heavy (non-hydrogen) atoms. The first kappa shape index (κ1) is 19.5. The Morgan fingerprint density at radius 3 is 2.76 bits per heavy atom. The molecule has 4 rings (SSSR count). The molecule has 0 bridgehead atoms. The molecule has 1 amide bonds. The summed E-state index contributed by atoms with van der Waals surface area (Å²) in [4.78, 5) is 20.1. The van der Waals surface area contributed by atoms with Crippen molar-refractivity contribution in [3.05, 3.63) is 76.7 Å². The number of aromatic nitrogens is 2. The van der Waals surface area contributed by atoms with Crippen molar-refractivity contribution in [2.24, 2.45) is 0 Å². The zero-order chi connectivity index (χ0) is 20.3. The molecule has 1 fully saturated rings. The largest absolute Gasteiger partial charge is 0.445 e. The third-order valence-corrected chi connectivity index (χ3v) is 5.36. The zero-order valence-corrected chi connectivity index (χ0v) is 16.8. The van der Waals surface area contributed by atoms with Crippen molar-refractivity contribution in [2.75, 3.05) is 13.2 Å². The van der Waals surface area contributed by atoms with E-state index in [9.17, 15) is 4.79 Å². The number of alkyl carbamates (subject to hydrolysis) is 1. The van der Waals surface area contributed by atoms with Crippen molar-refractivity contribution in [1.82, 2.24) is 15.3 Å². The van der Waals surface area contributed by atoms with Gasteiger partial charge in [0, 0.05) is 11.4 Å². The molecule has 0 saturated carbocycles. The van der Waals surface area contributed by atoms with E-state index in [2.05, 4.69) is 15.3 Å². The van der Waals surface area contributed by atoms with Crippen LogP contribution in [0.5, 0.6) is 0 Å². The molecular weight excluding hydrogens is 390 g/mol. The maximum Gasteiger partial charge on any atom is 0.408 e. The Hall–Kier alpha value is -2.83. The van der Waals surface area contributed by atoms with E-state index in [0.29, 0.717) is 19.6 Å². The van der Waals surface area contributed by atoms with Crippen LogP contribution in [0.25, 0.3) is 11.3 Å². The van der Waals surface area contributed by atoms with Crippen LogP contribution in [0.3, 0.4) is 0 Å². The van der Waals surface area contributed by atoms with Crippen LogP contribution in [0.4, 0.5) is 4.79 Å². The molecule has 1 aliphatic rings. The average Bonchev–Trinajstić information content (AvgIpc) is 3.16. The highest BCUT2D eigenvalue weighted by molar-refractivity contribution is 6.31. The van der Waals surface area contributed by atoms with Crippen LogP contribution in [0, 0.1) is 6.92 Å². The van der Waals surface area contributed by atoms with Gasteiger partial charge in [0.15, 0.2) is 0 Å². The predicted octanol–water partition coefficient (Wildman–Crippen LogP) is 4.28. The first-order valence-electron chi connectivity index (χ1n) is 9.40. The van der Waals surface area contributed by atoms with Crippen molar-refractivity contribution in [1.29, 1.82) is 0 Å². The predicted molar refractivity (Wildman–Crippen MR) is 111 cm³/mol. The molecule has 1 saturated heterocycles. The molecule has 6 nitrogen and oxygen atoms in total. The molecule has 2 N–H and O–H groups in total. The summed E-state index contributed by atoms with van der Waals surface area (Å²) >= 11 is 6.11. The summed E-state index contributed by atoms with van der Waals surface area (Å²) in [6.07, 6.45) is 1.86. The maximum atomic E-state index is 12.3. The summed E-state index contributed by atoms with van der Waals surface area (Å²) in [7, 11) is 0. The van der Waals surface area contributed by atoms with Crippen molar-refractivity contribution >= 4 is 17.7 Å². The van der Waals surface area contributed by atoms with E-state index in [1.165, 1.54) is 0 Å². The number of nitrogens with one attached hydrogen (secondary N) is 2. The summed E-state index contributed by atoms with van der Waals surface area (Å²) in [5.41, 5.74) is 3.35. The number of rotatable bonds is 6. The van der Waals surface area contributed by atoms with Crippen LogP contribution in [-0.4, -0.2) is 34.8 Å². The van der Waals surface area contributed by atoms with E-state index in [4.69, 9.17) is 21.1 Å². The number of H-pyrrole nitrogens is 1. The number of carbonyl (C=O) groups is 1. The topological polar surface area (TPSA) is 76.2 Å². The molecule has 7 heteroatoms. The SMILES string of the molecule is Cc1cc(-c2cnc(CC3(NC(=O)OCc4ccccc4)COC3)[nH]2)ccc1Cl. The molecule has 150 valence electrons. The maximum absolute atomic E-state index is 12.3. The number of amides is 1. The summed E-state index contributed by atoms with van der Waals surface area (Å²) < 4.78 is 10.7. The smallest absolute Gasteiger partial charge is 0.408 e. The Labute approximate surface area is 174 Å². The van der Waals surface area contributed by atoms with Crippen molar-refractivity contribution < 1.29 is 14.3 Å². The number of hydrogen-bond acceptors (Lipinski definition) is 4. The number of aromatic amines is 1. The second kappa shape index (κ2) is 8.27. The molecule has 0 spiro atoms. The van der Waals surface area contributed by atoms with Gasteiger partial charge in [-0.25, -0.2) is 9.78 Å². The van der Waals surface area contributed by atoms with E-state index < -0.39 is 11.6 Å². The highest BCUT2D eigenvalue weighted by Gasteiger charge is 2.41. The van der Waals surface area contributed by atoms with Gasteiger partial charge in [0.2, 0.25) is 0 Å². The van der Waals surface area contributed by atoms with E-state index in [-0.39, 0.29) is 6.61 Å². The fraction of sp³-hybridized carbons (Fsp3) is 0.273. The van der Waals surface area contributed by atoms with Gasteiger partial charge in [-0.15, -0.1) is 0 Å². The fourth-order valence-corrected chi connectivity index (χ4v) is 3.39. The normalized spacial score (nSPS) is 14.8. The minimum absolute atomic E-state index is 0.227.